The highest BCUT2D eigenvalue weighted by Gasteiger charge is 2.41. The molecule has 5 aromatic carbocycles. The maximum absolute atomic E-state index is 6.35. The predicted molar refractivity (Wildman–Crippen MR) is 164 cm³/mol. The van der Waals surface area contributed by atoms with Crippen molar-refractivity contribution in [2.24, 2.45) is 0 Å². The Balaban J connectivity index is 1.22. The largest absolute Gasteiger partial charge is 0.459 e. The van der Waals surface area contributed by atoms with E-state index in [1.165, 1.54) is 0 Å². The monoisotopic (exact) mass is 514 g/mol. The summed E-state index contributed by atoms with van der Waals surface area (Å²) in [6, 6.07) is 35.5. The Morgan fingerprint density at radius 2 is 1.38 bits per heavy atom. The summed E-state index contributed by atoms with van der Waals surface area (Å²) in [6.45, 7) is 8.09. The van der Waals surface area contributed by atoms with E-state index in [2.05, 4.69) is 79.9 Å². The van der Waals surface area contributed by atoms with Gasteiger partial charge in [0.05, 0.1) is 0 Å². The van der Waals surface area contributed by atoms with Gasteiger partial charge in [-0.2, -0.15) is 0 Å². The van der Waals surface area contributed by atoms with Gasteiger partial charge in [-0.3, -0.25) is 0 Å². The molecular formula is C36H23BO3. The highest BCUT2D eigenvalue weighted by atomic mass is 16.5. The highest BCUT2D eigenvalue weighted by Crippen LogP contribution is 2.38. The zero-order valence-electron chi connectivity index (χ0n) is 21.7. The quantitative estimate of drug-likeness (QED) is 0.223. The molecule has 0 saturated heterocycles. The highest BCUT2D eigenvalue weighted by molar-refractivity contribution is 6.94. The van der Waals surface area contributed by atoms with Gasteiger partial charge in [0.15, 0.2) is 0 Å². The molecule has 2 aliphatic rings. The Labute approximate surface area is 232 Å². The van der Waals surface area contributed by atoms with Gasteiger partial charge < -0.3 is 13.9 Å². The van der Waals surface area contributed by atoms with E-state index < -0.39 is 0 Å². The van der Waals surface area contributed by atoms with Gasteiger partial charge in [0.2, 0.25) is 0 Å². The van der Waals surface area contributed by atoms with Crippen LogP contribution in [0.25, 0.3) is 44.2 Å². The van der Waals surface area contributed by atoms with E-state index in [0.29, 0.717) is 5.76 Å². The SMILES string of the molecule is C=C/C=C1/B2c3cc(-c4ccc(-c5cccc6c5oc5ccccc56)cc4)ccc3Oc3cccc(c32)OC1=C. The zero-order valence-corrected chi connectivity index (χ0v) is 21.7. The molecule has 3 nitrogen and oxygen atoms in total. The molecule has 1 aromatic heterocycles. The molecule has 0 atom stereocenters. The third kappa shape index (κ3) is 3.33. The van der Waals surface area contributed by atoms with Gasteiger partial charge in [-0.25, -0.2) is 0 Å². The fourth-order valence-electron chi connectivity index (χ4n) is 6.12. The molecule has 0 amide bonds. The molecule has 2 aliphatic heterocycles. The molecule has 0 radical (unpaired) electrons. The lowest BCUT2D eigenvalue weighted by atomic mass is 9.34. The van der Waals surface area contributed by atoms with Crippen LogP contribution in [0.15, 0.2) is 144 Å². The molecule has 188 valence electrons. The Morgan fingerprint density at radius 3 is 2.23 bits per heavy atom. The number of hydrogen-bond acceptors (Lipinski definition) is 3. The summed E-state index contributed by atoms with van der Waals surface area (Å²) in [5.74, 6) is 3.08. The lowest BCUT2D eigenvalue weighted by Crippen LogP contribution is -2.51. The number of hydrogen-bond donors (Lipinski definition) is 0. The Morgan fingerprint density at radius 1 is 0.650 bits per heavy atom. The van der Waals surface area contributed by atoms with Gasteiger partial charge in [0.1, 0.15) is 34.2 Å². The third-order valence-electron chi connectivity index (χ3n) is 7.95. The van der Waals surface area contributed by atoms with E-state index in [1.54, 1.807) is 6.08 Å². The minimum Gasteiger partial charge on any atom is -0.459 e. The fourth-order valence-corrected chi connectivity index (χ4v) is 6.12. The zero-order chi connectivity index (χ0) is 26.8. The van der Waals surface area contributed by atoms with Crippen LogP contribution >= 0.6 is 0 Å². The van der Waals surface area contributed by atoms with Crippen molar-refractivity contribution in [1.82, 2.24) is 0 Å². The summed E-state index contributed by atoms with van der Waals surface area (Å²) >= 11 is 0. The van der Waals surface area contributed by atoms with Gasteiger partial charge in [-0.15, -0.1) is 0 Å². The molecule has 4 heteroatoms. The lowest BCUT2D eigenvalue weighted by Gasteiger charge is -2.34. The fraction of sp³-hybridized carbons (Fsp3) is 0. The van der Waals surface area contributed by atoms with Crippen molar-refractivity contribution in [3.63, 3.8) is 0 Å². The van der Waals surface area contributed by atoms with Crippen molar-refractivity contribution >= 4 is 39.6 Å². The first kappa shape index (κ1) is 22.7. The maximum atomic E-state index is 6.35. The molecule has 0 spiro atoms. The van der Waals surface area contributed by atoms with Crippen molar-refractivity contribution < 1.29 is 13.9 Å². The van der Waals surface area contributed by atoms with Crippen LogP contribution in [0.2, 0.25) is 0 Å². The number of para-hydroxylation sites is 2. The standard InChI is InChI=1S/C36H23BO3/c1-3-8-29-22(2)38-33-13-7-14-34-35(33)37(29)30-21-25(19-20-32(30)39-34)23-15-17-24(18-16-23)26-10-6-11-28-27-9-4-5-12-31(27)40-36(26)28/h3-21H,1-2H2/b29-8+. The second-order valence-electron chi connectivity index (χ2n) is 10.2. The van der Waals surface area contributed by atoms with Crippen LogP contribution in [0, 0.1) is 0 Å². The minimum absolute atomic E-state index is 0.0425. The number of rotatable bonds is 3. The van der Waals surface area contributed by atoms with Crippen molar-refractivity contribution in [3.05, 3.63) is 140 Å². The van der Waals surface area contributed by atoms with Gasteiger partial charge in [0.25, 0.3) is 6.71 Å². The second-order valence-corrected chi connectivity index (χ2v) is 10.2. The molecule has 0 fully saturated rings. The van der Waals surface area contributed by atoms with Gasteiger partial charge in [0, 0.05) is 21.8 Å². The normalized spacial score (nSPS) is 14.6. The molecule has 0 N–H and O–H groups in total. The molecule has 6 aromatic rings. The van der Waals surface area contributed by atoms with E-state index in [4.69, 9.17) is 13.9 Å². The van der Waals surface area contributed by atoms with E-state index in [9.17, 15) is 0 Å². The Hall–Kier alpha value is -5.22. The molecule has 0 saturated carbocycles. The van der Waals surface area contributed by atoms with Crippen LogP contribution in [-0.2, 0) is 0 Å². The topological polar surface area (TPSA) is 31.6 Å². The van der Waals surface area contributed by atoms with E-state index >= 15 is 0 Å². The Kier molecular flexibility index (Phi) is 4.92. The summed E-state index contributed by atoms with van der Waals surface area (Å²) in [5, 5.41) is 2.27. The molecule has 0 unspecified atom stereocenters. The first-order valence-electron chi connectivity index (χ1n) is 13.3. The van der Waals surface area contributed by atoms with Gasteiger partial charge >= 0.3 is 0 Å². The minimum atomic E-state index is -0.0425. The molecule has 0 aliphatic carbocycles. The van der Waals surface area contributed by atoms with E-state index in [1.807, 2.05) is 42.5 Å². The summed E-state index contributed by atoms with van der Waals surface area (Å²) < 4.78 is 18.7. The summed E-state index contributed by atoms with van der Waals surface area (Å²) in [7, 11) is 0. The molecule has 40 heavy (non-hydrogen) atoms. The van der Waals surface area contributed by atoms with Crippen LogP contribution < -0.4 is 20.4 Å². The second kappa shape index (κ2) is 8.65. The smallest absolute Gasteiger partial charge is 0.260 e. The molecular weight excluding hydrogens is 491 g/mol. The van der Waals surface area contributed by atoms with Gasteiger partial charge in [-0.05, 0) is 51.9 Å². The predicted octanol–water partition coefficient (Wildman–Crippen LogP) is 8.19. The van der Waals surface area contributed by atoms with Gasteiger partial charge in [-0.1, -0.05) is 104 Å². The number of furan rings is 1. The van der Waals surface area contributed by atoms with Crippen LogP contribution in [0.3, 0.4) is 0 Å². The first-order chi connectivity index (χ1) is 19.7. The van der Waals surface area contributed by atoms with Crippen LogP contribution in [0.5, 0.6) is 17.2 Å². The molecule has 0 bridgehead atoms. The summed E-state index contributed by atoms with van der Waals surface area (Å²) in [5.41, 5.74) is 9.38. The number of ether oxygens (including phenoxy) is 2. The maximum Gasteiger partial charge on any atom is 0.260 e. The average Bonchev–Trinajstić information content (AvgIpc) is 3.38. The lowest BCUT2D eigenvalue weighted by molar-refractivity contribution is 0.433. The van der Waals surface area contributed by atoms with Crippen LogP contribution in [-0.4, -0.2) is 6.71 Å². The van der Waals surface area contributed by atoms with Crippen LogP contribution in [0.4, 0.5) is 0 Å². The first-order valence-corrected chi connectivity index (χ1v) is 13.3. The molecule has 8 rings (SSSR count). The van der Waals surface area contributed by atoms with E-state index in [0.717, 1.165) is 77.8 Å². The summed E-state index contributed by atoms with van der Waals surface area (Å²) in [4.78, 5) is 0. The number of allylic oxidation sites excluding steroid dienone is 3. The molecule has 3 heterocycles. The van der Waals surface area contributed by atoms with Crippen molar-refractivity contribution in [2.75, 3.05) is 0 Å². The van der Waals surface area contributed by atoms with E-state index in [-0.39, 0.29) is 6.71 Å². The summed E-state index contributed by atoms with van der Waals surface area (Å²) in [6.07, 6.45) is 3.78. The van der Waals surface area contributed by atoms with Crippen LogP contribution in [0.1, 0.15) is 0 Å². The number of benzene rings is 5. The van der Waals surface area contributed by atoms with Crippen molar-refractivity contribution in [2.45, 2.75) is 0 Å². The Bertz CT molecular complexity index is 2050. The number of fused-ring (bicyclic) bond motifs is 5. The van der Waals surface area contributed by atoms with Crippen molar-refractivity contribution in [1.29, 1.82) is 0 Å². The third-order valence-corrected chi connectivity index (χ3v) is 7.95. The average molecular weight is 514 g/mol. The van der Waals surface area contributed by atoms with Crippen molar-refractivity contribution in [3.8, 4) is 39.5 Å².